The molecule has 1 aromatic heterocycles. The zero-order valence-corrected chi connectivity index (χ0v) is 42.6. The summed E-state index contributed by atoms with van der Waals surface area (Å²) in [5.74, 6) is -1.30. The number of benzene rings is 1. The van der Waals surface area contributed by atoms with Crippen LogP contribution in [0.2, 0.25) is 0 Å². The van der Waals surface area contributed by atoms with Crippen molar-refractivity contribution in [1.29, 1.82) is 0 Å². The molecule has 2 aromatic rings. The highest BCUT2D eigenvalue weighted by atomic mass is 16.5. The van der Waals surface area contributed by atoms with Gasteiger partial charge in [-0.1, -0.05) is 26.7 Å². The zero-order valence-electron chi connectivity index (χ0n) is 42.6. The first-order valence-corrected chi connectivity index (χ1v) is 26.5. The van der Waals surface area contributed by atoms with Crippen LogP contribution in [0.1, 0.15) is 121 Å². The Morgan fingerprint density at radius 2 is 1.45 bits per heavy atom. The van der Waals surface area contributed by atoms with Gasteiger partial charge in [-0.25, -0.2) is 14.4 Å². The third-order valence-corrected chi connectivity index (χ3v) is 16.7. The van der Waals surface area contributed by atoms with Crippen molar-refractivity contribution in [3.8, 4) is 5.75 Å². The number of hydrogen-bond acceptors (Lipinski definition) is 15. The number of aliphatic carboxylic acids is 1. The molecule has 0 bridgehead atoms. The second-order valence-electron chi connectivity index (χ2n) is 21.1. The third kappa shape index (κ3) is 13.9. The van der Waals surface area contributed by atoms with Gasteiger partial charge in [-0.2, -0.15) is 0 Å². The number of amides is 3. The van der Waals surface area contributed by atoms with E-state index in [-0.39, 0.29) is 83.7 Å². The molecule has 4 saturated carbocycles. The second kappa shape index (κ2) is 26.0. The number of cyclic esters (lactones) is 1. The summed E-state index contributed by atoms with van der Waals surface area (Å²) in [7, 11) is 0. The summed E-state index contributed by atoms with van der Waals surface area (Å²) in [6.45, 7) is 7.97. The monoisotopic (exact) mass is 1020 g/mol. The molecule has 19 nitrogen and oxygen atoms in total. The van der Waals surface area contributed by atoms with Gasteiger partial charge < -0.3 is 64.1 Å². The number of aliphatic hydroxyl groups is 2. The van der Waals surface area contributed by atoms with Crippen molar-refractivity contribution in [3.63, 3.8) is 0 Å². The number of carboxylic acids is 1. The van der Waals surface area contributed by atoms with Crippen molar-refractivity contribution in [2.24, 2.45) is 34.5 Å². The van der Waals surface area contributed by atoms with E-state index < -0.39 is 41.2 Å². The van der Waals surface area contributed by atoms with E-state index >= 15 is 0 Å². The number of unbranched alkanes of at least 4 members (excludes halogenated alkanes) is 3. The summed E-state index contributed by atoms with van der Waals surface area (Å²) in [5.41, 5.74) is -1.63. The summed E-state index contributed by atoms with van der Waals surface area (Å²) >= 11 is 0. The van der Waals surface area contributed by atoms with Crippen molar-refractivity contribution in [1.82, 2.24) is 16.0 Å². The molecule has 7 rings (SSSR count). The van der Waals surface area contributed by atoms with Gasteiger partial charge in [0.2, 0.25) is 11.8 Å². The Labute approximate surface area is 426 Å². The van der Waals surface area contributed by atoms with Gasteiger partial charge in [0, 0.05) is 62.2 Å². The van der Waals surface area contributed by atoms with Crippen molar-refractivity contribution in [3.05, 3.63) is 51.9 Å². The minimum absolute atomic E-state index is 0.00633. The third-order valence-electron chi connectivity index (χ3n) is 16.7. The van der Waals surface area contributed by atoms with E-state index in [1.165, 1.54) is 18.2 Å². The number of carbonyl (C=O) groups is 5. The smallest absolute Gasteiger partial charge is 0.349 e. The lowest BCUT2D eigenvalue weighted by Gasteiger charge is -2.65. The number of ether oxygens (including phenoxy) is 6. The van der Waals surface area contributed by atoms with Crippen LogP contribution in [0.3, 0.4) is 0 Å². The molecule has 73 heavy (non-hydrogen) atoms. The number of carbonyl (C=O) groups excluding carboxylic acids is 4. The number of fused-ring (bicyclic) bond motifs is 6. The first-order valence-electron chi connectivity index (χ1n) is 26.5. The molecule has 3 unspecified atom stereocenters. The van der Waals surface area contributed by atoms with Crippen LogP contribution < -0.4 is 26.3 Å². The molecule has 4 aliphatic carbocycles. The number of aliphatic hydroxyl groups excluding tert-OH is 1. The normalized spacial score (nSPS) is 28.3. The fraction of sp³-hybridized carbons (Fsp3) is 0.704. The maximum atomic E-state index is 12.7. The highest BCUT2D eigenvalue weighted by molar-refractivity contribution is 5.96. The molecule has 19 heteroatoms. The Bertz CT molecular complexity index is 2320. The Hall–Kier alpha value is -4.92. The minimum atomic E-state index is -1.14. The number of rotatable bonds is 29. The molecule has 1 aliphatic heterocycles. The van der Waals surface area contributed by atoms with E-state index in [9.17, 15) is 39.0 Å². The van der Waals surface area contributed by atoms with Crippen LogP contribution >= 0.6 is 0 Å². The fourth-order valence-corrected chi connectivity index (χ4v) is 12.7. The van der Waals surface area contributed by atoms with E-state index in [2.05, 4.69) is 22.9 Å². The second-order valence-corrected chi connectivity index (χ2v) is 21.1. The first-order chi connectivity index (χ1) is 35.1. The topological polar surface area (TPSA) is 268 Å². The summed E-state index contributed by atoms with van der Waals surface area (Å²) in [5, 5.41) is 42.2. The number of nitrogens with one attached hydrogen (secondary N) is 3. The van der Waals surface area contributed by atoms with E-state index in [0.29, 0.717) is 96.1 Å². The van der Waals surface area contributed by atoms with Gasteiger partial charge >= 0.3 is 17.6 Å². The molecule has 6 N–H and O–H groups in total. The quantitative estimate of drug-likeness (QED) is 0.0369. The number of hydrogen-bond donors (Lipinski definition) is 6. The van der Waals surface area contributed by atoms with Gasteiger partial charge in [0.15, 0.2) is 6.61 Å². The van der Waals surface area contributed by atoms with E-state index in [1.807, 2.05) is 6.92 Å². The molecule has 5 aliphatic rings. The summed E-state index contributed by atoms with van der Waals surface area (Å²) in [4.78, 5) is 72.5. The van der Waals surface area contributed by atoms with Crippen LogP contribution in [-0.2, 0) is 42.9 Å². The predicted octanol–water partition coefficient (Wildman–Crippen LogP) is 4.61. The van der Waals surface area contributed by atoms with Gasteiger partial charge in [0.05, 0.1) is 44.2 Å². The van der Waals surface area contributed by atoms with E-state index in [4.69, 9.17) is 37.9 Å². The molecule has 1 aromatic carbocycles. The van der Waals surface area contributed by atoms with Crippen molar-refractivity contribution in [2.75, 3.05) is 79.1 Å². The maximum Gasteiger partial charge on any atom is 0.349 e. The average molecular weight is 1020 g/mol. The molecular formula is C54H77N3O16. The maximum absolute atomic E-state index is 12.7. The van der Waals surface area contributed by atoms with Crippen LogP contribution in [-0.4, -0.2) is 142 Å². The van der Waals surface area contributed by atoms with Crippen molar-refractivity contribution in [2.45, 2.75) is 128 Å². The Morgan fingerprint density at radius 1 is 0.753 bits per heavy atom. The van der Waals surface area contributed by atoms with Crippen LogP contribution in [0.15, 0.2) is 45.1 Å². The Kier molecular flexibility index (Phi) is 19.9. The van der Waals surface area contributed by atoms with Crippen LogP contribution in [0.5, 0.6) is 5.75 Å². The molecular weight excluding hydrogens is 947 g/mol. The molecule has 0 saturated heterocycles. The van der Waals surface area contributed by atoms with Crippen LogP contribution in [0.4, 0.5) is 0 Å². The van der Waals surface area contributed by atoms with Crippen molar-refractivity contribution < 1.29 is 72.1 Å². The highest BCUT2D eigenvalue weighted by Gasteiger charge is 2.70. The SMILES string of the molecule is C[C@]12CC[C@H](OCC(=O)NCCCCCCC(=O)NCCCOCCOCCOCCCNC(=O)c3cc4ccc(OCC(=O)O)cc4oc3=O)CC1CCC1C2C[C@@H](O)[C@]2(C)[C@@H](C3=CC(=O)OC3)CC[C@]12O. The van der Waals surface area contributed by atoms with Crippen LogP contribution in [0.25, 0.3) is 11.0 Å². The Morgan fingerprint density at radius 3 is 2.18 bits per heavy atom. The molecule has 2 heterocycles. The first kappa shape index (κ1) is 55.8. The lowest BCUT2D eigenvalue weighted by Crippen LogP contribution is -2.67. The molecule has 4 fully saturated rings. The van der Waals surface area contributed by atoms with Gasteiger partial charge in [0.25, 0.3) is 5.91 Å². The largest absolute Gasteiger partial charge is 0.482 e. The molecule has 3 amide bonds. The molecule has 0 spiro atoms. The van der Waals surface area contributed by atoms with Gasteiger partial charge in [-0.15, -0.1) is 0 Å². The zero-order chi connectivity index (χ0) is 52.0. The van der Waals surface area contributed by atoms with E-state index in [1.54, 1.807) is 12.1 Å². The van der Waals surface area contributed by atoms with Gasteiger partial charge in [0.1, 0.15) is 30.1 Å². The van der Waals surface area contributed by atoms with E-state index in [0.717, 1.165) is 69.8 Å². The molecule has 404 valence electrons. The molecule has 9 atom stereocenters. The summed E-state index contributed by atoms with van der Waals surface area (Å²) < 4.78 is 38.4. The number of esters is 1. The predicted molar refractivity (Wildman–Crippen MR) is 266 cm³/mol. The lowest BCUT2D eigenvalue weighted by atomic mass is 9.42. The lowest BCUT2D eigenvalue weighted by molar-refractivity contribution is -0.245. The Balaban J connectivity index is 0.632. The summed E-state index contributed by atoms with van der Waals surface area (Å²) in [6.07, 6.45) is 12.5. The highest BCUT2D eigenvalue weighted by Crippen LogP contribution is 2.70. The number of carboxylic acid groups (broad SMARTS) is 1. The van der Waals surface area contributed by atoms with Gasteiger partial charge in [-0.05, 0) is 130 Å². The minimum Gasteiger partial charge on any atom is -0.482 e. The summed E-state index contributed by atoms with van der Waals surface area (Å²) in [6, 6.07) is 5.90. The fourth-order valence-electron chi connectivity index (χ4n) is 12.7. The molecule has 0 radical (unpaired) electrons. The standard InChI is InChI=1S/C54H77N3O16/c1-52-16-14-39(29-37(52)11-13-42-43(52)31-45(58)53(2)41(15-17-54(42,53)66)36-28-49(63)72-32-36)70-33-47(60)56-18-6-4-3-5-9-46(59)55-19-7-21-67-23-25-69-26-24-68-22-8-20-57-50(64)40-27-35-10-12-38(71-34-48(61)62)30-44(35)73-51(40)65/h10,12,27-28,30,37,39,41-43,45,58,66H,3-9,11,13-26,29,31-34H2,1-2H3,(H,55,59)(H,56,60)(H,57,64)(H,61,62)/t37?,39-,41+,42?,43?,45+,52-,53-,54-/m0/s1. The van der Waals surface area contributed by atoms with Crippen molar-refractivity contribution >= 4 is 40.6 Å². The van der Waals surface area contributed by atoms with Crippen LogP contribution in [0, 0.1) is 34.5 Å². The average Bonchev–Trinajstić information content (AvgIpc) is 3.92. The van der Waals surface area contributed by atoms with Gasteiger partial charge in [-0.3, -0.25) is 14.4 Å².